The fourth-order valence-electron chi connectivity index (χ4n) is 1.55. The van der Waals surface area contributed by atoms with E-state index in [0.29, 0.717) is 0 Å². The predicted molar refractivity (Wildman–Crippen MR) is 64.6 cm³/mol. The molecule has 1 rings (SSSR count). The number of carbonyl (C=O) groups is 1. The smallest absolute Gasteiger partial charge is 0.241 e. The summed E-state index contributed by atoms with van der Waals surface area (Å²) >= 11 is 0. The first-order valence-corrected chi connectivity index (χ1v) is 5.28. The quantitative estimate of drug-likeness (QED) is 0.450. The molecule has 0 aliphatic carbocycles. The Morgan fingerprint density at radius 1 is 1.38 bits per heavy atom. The van der Waals surface area contributed by atoms with Crippen molar-refractivity contribution in [2.75, 3.05) is 14.1 Å². The maximum Gasteiger partial charge on any atom is 0.241 e. The van der Waals surface area contributed by atoms with Crippen LogP contribution < -0.4 is 11.3 Å². The zero-order valence-electron chi connectivity index (χ0n) is 10.0. The van der Waals surface area contributed by atoms with Crippen LogP contribution in [0.4, 0.5) is 0 Å². The molecule has 0 aromatic heterocycles. The monoisotopic (exact) mass is 221 g/mol. The van der Waals surface area contributed by atoms with Gasteiger partial charge in [-0.3, -0.25) is 10.2 Å². The molecule has 1 unspecified atom stereocenters. The van der Waals surface area contributed by atoms with E-state index in [9.17, 15) is 4.79 Å². The van der Waals surface area contributed by atoms with Crippen molar-refractivity contribution in [1.82, 2.24) is 10.3 Å². The maximum atomic E-state index is 11.3. The Kier molecular flexibility index (Phi) is 4.46. The number of nitrogens with one attached hydrogen (secondary N) is 1. The molecule has 1 aromatic rings. The van der Waals surface area contributed by atoms with Crippen LogP contribution in [0.25, 0.3) is 0 Å². The predicted octanol–water partition coefficient (Wildman–Crippen LogP) is 0.842. The van der Waals surface area contributed by atoms with E-state index in [1.54, 1.807) is 0 Å². The molecule has 0 heterocycles. The van der Waals surface area contributed by atoms with Crippen molar-refractivity contribution < 1.29 is 4.79 Å². The van der Waals surface area contributed by atoms with Crippen LogP contribution in [-0.4, -0.2) is 24.9 Å². The number of carbonyl (C=O) groups excluding carboxylic acids is 1. The Balaban J connectivity index is 2.74. The topological polar surface area (TPSA) is 58.4 Å². The summed E-state index contributed by atoms with van der Waals surface area (Å²) in [4.78, 5) is 13.4. The molecule has 0 aliphatic heterocycles. The third-order valence-electron chi connectivity index (χ3n) is 2.51. The Bertz CT molecular complexity index is 346. The molecular formula is C12H19N3O. The summed E-state index contributed by atoms with van der Waals surface area (Å²) in [5, 5.41) is 0. The molecule has 4 heteroatoms. The molecule has 3 N–H and O–H groups in total. The zero-order valence-corrected chi connectivity index (χ0v) is 10.0. The highest BCUT2D eigenvalue weighted by Crippen LogP contribution is 2.16. The first kappa shape index (κ1) is 12.7. The van der Waals surface area contributed by atoms with E-state index in [0.717, 1.165) is 12.1 Å². The van der Waals surface area contributed by atoms with Crippen LogP contribution in [0.2, 0.25) is 0 Å². The molecule has 0 bridgehead atoms. The van der Waals surface area contributed by atoms with E-state index in [1.807, 2.05) is 45.3 Å². The van der Waals surface area contributed by atoms with Crippen molar-refractivity contribution in [2.24, 2.45) is 5.84 Å². The minimum Gasteiger partial charge on any atom is -0.305 e. The molecular weight excluding hydrogens is 202 g/mol. The lowest BCUT2D eigenvalue weighted by atomic mass is 9.99. The van der Waals surface area contributed by atoms with Gasteiger partial charge in [-0.05, 0) is 32.1 Å². The Morgan fingerprint density at radius 3 is 2.38 bits per heavy atom. The van der Waals surface area contributed by atoms with Gasteiger partial charge in [0, 0.05) is 6.54 Å². The van der Waals surface area contributed by atoms with Gasteiger partial charge in [-0.1, -0.05) is 24.3 Å². The number of benzene rings is 1. The highest BCUT2D eigenvalue weighted by molar-refractivity contribution is 5.82. The van der Waals surface area contributed by atoms with Crippen molar-refractivity contribution in [1.29, 1.82) is 0 Å². The number of nitrogens with two attached hydrogens (primary N) is 1. The minimum absolute atomic E-state index is 0.166. The lowest BCUT2D eigenvalue weighted by Gasteiger charge is -2.12. The summed E-state index contributed by atoms with van der Waals surface area (Å²) in [5.74, 6) is 4.72. The molecule has 0 saturated carbocycles. The molecule has 88 valence electrons. The van der Waals surface area contributed by atoms with Gasteiger partial charge in [-0.25, -0.2) is 5.84 Å². The fraction of sp³-hybridized carbons (Fsp3) is 0.417. The number of hydrogen-bond donors (Lipinski definition) is 2. The first-order valence-electron chi connectivity index (χ1n) is 5.28. The van der Waals surface area contributed by atoms with Crippen LogP contribution >= 0.6 is 0 Å². The van der Waals surface area contributed by atoms with Gasteiger partial charge in [-0.15, -0.1) is 0 Å². The average Bonchev–Trinajstić information content (AvgIpc) is 2.27. The van der Waals surface area contributed by atoms with E-state index < -0.39 is 0 Å². The van der Waals surface area contributed by atoms with E-state index in [4.69, 9.17) is 5.84 Å². The molecule has 0 spiro atoms. The largest absolute Gasteiger partial charge is 0.305 e. The highest BCUT2D eigenvalue weighted by atomic mass is 16.2. The molecule has 0 aliphatic rings. The summed E-state index contributed by atoms with van der Waals surface area (Å²) in [6.07, 6.45) is 0. The van der Waals surface area contributed by atoms with E-state index in [1.165, 1.54) is 5.56 Å². The zero-order chi connectivity index (χ0) is 12.1. The van der Waals surface area contributed by atoms with Crippen molar-refractivity contribution in [3.8, 4) is 0 Å². The Labute approximate surface area is 96.4 Å². The maximum absolute atomic E-state index is 11.3. The normalized spacial score (nSPS) is 12.6. The van der Waals surface area contributed by atoms with Gasteiger partial charge in [0.1, 0.15) is 0 Å². The van der Waals surface area contributed by atoms with Crippen molar-refractivity contribution in [2.45, 2.75) is 19.4 Å². The lowest BCUT2D eigenvalue weighted by Crippen LogP contribution is -2.33. The van der Waals surface area contributed by atoms with Crippen LogP contribution in [0.5, 0.6) is 0 Å². The van der Waals surface area contributed by atoms with Crippen LogP contribution in [0.3, 0.4) is 0 Å². The van der Waals surface area contributed by atoms with Crippen LogP contribution in [0.15, 0.2) is 24.3 Å². The second-order valence-electron chi connectivity index (χ2n) is 4.21. The van der Waals surface area contributed by atoms with Crippen molar-refractivity contribution in [3.63, 3.8) is 0 Å². The number of nitrogens with zero attached hydrogens (tertiary/aromatic N) is 1. The minimum atomic E-state index is -0.210. The van der Waals surface area contributed by atoms with Crippen LogP contribution in [-0.2, 0) is 11.3 Å². The second kappa shape index (κ2) is 5.63. The van der Waals surface area contributed by atoms with Gasteiger partial charge >= 0.3 is 0 Å². The van der Waals surface area contributed by atoms with Gasteiger partial charge in [0.25, 0.3) is 0 Å². The first-order chi connectivity index (χ1) is 7.54. The standard InChI is InChI=1S/C12H19N3O/c1-9(12(16)14-13)11-6-4-10(5-7-11)8-15(2)3/h4-7,9H,8,13H2,1-3H3,(H,14,16). The van der Waals surface area contributed by atoms with Gasteiger partial charge in [-0.2, -0.15) is 0 Å². The average molecular weight is 221 g/mol. The van der Waals surface area contributed by atoms with Gasteiger partial charge in [0.15, 0.2) is 0 Å². The molecule has 4 nitrogen and oxygen atoms in total. The van der Waals surface area contributed by atoms with Gasteiger partial charge in [0.2, 0.25) is 5.91 Å². The number of hydrazine groups is 1. The number of amides is 1. The summed E-state index contributed by atoms with van der Waals surface area (Å²) in [5.41, 5.74) is 4.37. The van der Waals surface area contributed by atoms with Crippen molar-refractivity contribution in [3.05, 3.63) is 35.4 Å². The molecule has 1 aromatic carbocycles. The number of rotatable bonds is 4. The van der Waals surface area contributed by atoms with Gasteiger partial charge < -0.3 is 4.90 Å². The fourth-order valence-corrected chi connectivity index (χ4v) is 1.55. The van der Waals surface area contributed by atoms with E-state index in [-0.39, 0.29) is 11.8 Å². The summed E-state index contributed by atoms with van der Waals surface area (Å²) < 4.78 is 0. The van der Waals surface area contributed by atoms with Gasteiger partial charge in [0.05, 0.1) is 5.92 Å². The van der Waals surface area contributed by atoms with E-state index in [2.05, 4.69) is 10.3 Å². The molecule has 16 heavy (non-hydrogen) atoms. The van der Waals surface area contributed by atoms with E-state index >= 15 is 0 Å². The highest BCUT2D eigenvalue weighted by Gasteiger charge is 2.13. The molecule has 1 amide bonds. The van der Waals surface area contributed by atoms with Crippen molar-refractivity contribution >= 4 is 5.91 Å². The molecule has 0 fully saturated rings. The molecule has 0 radical (unpaired) electrons. The molecule has 1 atom stereocenters. The Hall–Kier alpha value is -1.39. The third kappa shape index (κ3) is 3.32. The second-order valence-corrected chi connectivity index (χ2v) is 4.21. The summed E-state index contributed by atoms with van der Waals surface area (Å²) in [7, 11) is 4.05. The van der Waals surface area contributed by atoms with Crippen LogP contribution in [0.1, 0.15) is 24.0 Å². The SMILES string of the molecule is CC(C(=O)NN)c1ccc(CN(C)C)cc1. The molecule has 0 saturated heterocycles. The lowest BCUT2D eigenvalue weighted by molar-refractivity contribution is -0.122. The number of hydrogen-bond acceptors (Lipinski definition) is 3. The Morgan fingerprint density at radius 2 is 1.94 bits per heavy atom. The third-order valence-corrected chi connectivity index (χ3v) is 2.51. The van der Waals surface area contributed by atoms with Crippen LogP contribution in [0, 0.1) is 0 Å². The summed E-state index contributed by atoms with van der Waals surface area (Å²) in [6.45, 7) is 2.74. The summed E-state index contributed by atoms with van der Waals surface area (Å²) in [6, 6.07) is 8.02.